The van der Waals surface area contributed by atoms with Crippen LogP contribution in [0.5, 0.6) is 0 Å². The van der Waals surface area contributed by atoms with Crippen molar-refractivity contribution < 1.29 is 32.2 Å². The summed E-state index contributed by atoms with van der Waals surface area (Å²) in [5, 5.41) is 0. The molecule has 0 aliphatic heterocycles. The van der Waals surface area contributed by atoms with Crippen LogP contribution in [0.2, 0.25) is 0 Å². The molecular weight excluding hydrogens is 301 g/mol. The number of alkyl halides is 3. The molecule has 1 aromatic rings. The molecule has 7 heteroatoms. The van der Waals surface area contributed by atoms with Crippen molar-refractivity contribution in [2.75, 3.05) is 6.61 Å². The molecule has 0 heterocycles. The minimum absolute atomic E-state index is 0.00565. The van der Waals surface area contributed by atoms with Gasteiger partial charge in [-0.3, -0.25) is 9.59 Å². The Kier molecular flexibility index (Phi) is 5.96. The van der Waals surface area contributed by atoms with E-state index in [1.807, 2.05) is 0 Å². The Bertz CT molecular complexity index is 523. The molecule has 4 nitrogen and oxygen atoms in total. The van der Waals surface area contributed by atoms with E-state index in [0.717, 1.165) is 12.1 Å². The van der Waals surface area contributed by atoms with Crippen molar-refractivity contribution in [3.8, 4) is 0 Å². The number of carbonyl (C=O) groups excluding carboxylic acids is 2. The first-order valence-electron chi connectivity index (χ1n) is 6.59. The quantitative estimate of drug-likeness (QED) is 0.780. The van der Waals surface area contributed by atoms with Crippen LogP contribution in [0.3, 0.4) is 0 Å². The van der Waals surface area contributed by atoms with Crippen molar-refractivity contribution in [3.05, 3.63) is 35.4 Å². The second-order valence-electron chi connectivity index (χ2n) is 4.93. The first kappa shape index (κ1) is 18.0. The Labute approximate surface area is 126 Å². The third-order valence-corrected chi connectivity index (χ3v) is 2.93. The third-order valence-electron chi connectivity index (χ3n) is 2.93. The van der Waals surface area contributed by atoms with Crippen molar-refractivity contribution in [2.45, 2.75) is 33.1 Å². The number of esters is 2. The summed E-state index contributed by atoms with van der Waals surface area (Å²) in [6.45, 7) is 4.11. The molecule has 1 rings (SSSR count). The number of halogens is 3. The van der Waals surface area contributed by atoms with Crippen LogP contribution in [-0.2, 0) is 25.2 Å². The monoisotopic (exact) mass is 318 g/mol. The fraction of sp³-hybridized carbons (Fsp3) is 0.467. The van der Waals surface area contributed by atoms with Gasteiger partial charge in [-0.25, -0.2) is 0 Å². The first-order valence-corrected chi connectivity index (χ1v) is 6.59. The second kappa shape index (κ2) is 7.29. The van der Waals surface area contributed by atoms with Gasteiger partial charge in [0.05, 0.1) is 12.2 Å². The number of ether oxygens (including phenoxy) is 2. The lowest BCUT2D eigenvalue weighted by Crippen LogP contribution is -2.21. The summed E-state index contributed by atoms with van der Waals surface area (Å²) in [5.41, 5.74) is -0.381. The standard InChI is InChI=1S/C15H17F3O4/c1-9(8-21-10(2)19)14(22-11(3)20)12-4-6-13(7-5-12)15(16,17)18/h4-7,9,14H,8H2,1-3H3/t9-,14+/m0/s1. The summed E-state index contributed by atoms with van der Waals surface area (Å²) in [4.78, 5) is 22.0. The first-order chi connectivity index (χ1) is 10.1. The summed E-state index contributed by atoms with van der Waals surface area (Å²) in [5.74, 6) is -1.45. The second-order valence-corrected chi connectivity index (χ2v) is 4.93. The largest absolute Gasteiger partial charge is 0.465 e. The number of hydrogen-bond donors (Lipinski definition) is 0. The molecule has 0 amide bonds. The molecule has 1 aromatic carbocycles. The Morgan fingerprint density at radius 2 is 1.64 bits per heavy atom. The summed E-state index contributed by atoms with van der Waals surface area (Å²) >= 11 is 0. The van der Waals surface area contributed by atoms with Crippen LogP contribution < -0.4 is 0 Å². The van der Waals surface area contributed by atoms with Crippen LogP contribution in [-0.4, -0.2) is 18.5 Å². The zero-order valence-corrected chi connectivity index (χ0v) is 12.4. The average molecular weight is 318 g/mol. The molecule has 0 aliphatic carbocycles. The van der Waals surface area contributed by atoms with Crippen molar-refractivity contribution >= 4 is 11.9 Å². The van der Waals surface area contributed by atoms with E-state index in [1.165, 1.54) is 26.0 Å². The molecule has 0 radical (unpaired) electrons. The van der Waals surface area contributed by atoms with Crippen LogP contribution in [0.25, 0.3) is 0 Å². The van der Waals surface area contributed by atoms with Gasteiger partial charge in [-0.15, -0.1) is 0 Å². The number of benzene rings is 1. The highest BCUT2D eigenvalue weighted by Crippen LogP contribution is 2.32. The number of carbonyl (C=O) groups is 2. The molecule has 0 saturated heterocycles. The Morgan fingerprint density at radius 1 is 1.09 bits per heavy atom. The van der Waals surface area contributed by atoms with E-state index in [4.69, 9.17) is 9.47 Å². The fourth-order valence-corrected chi connectivity index (χ4v) is 1.89. The van der Waals surface area contributed by atoms with Gasteiger partial charge >= 0.3 is 18.1 Å². The lowest BCUT2D eigenvalue weighted by Gasteiger charge is -2.24. The van der Waals surface area contributed by atoms with E-state index in [-0.39, 0.29) is 6.61 Å². The number of hydrogen-bond acceptors (Lipinski definition) is 4. The van der Waals surface area contributed by atoms with E-state index >= 15 is 0 Å². The van der Waals surface area contributed by atoms with Gasteiger partial charge in [0, 0.05) is 19.8 Å². The maximum Gasteiger partial charge on any atom is 0.416 e. The lowest BCUT2D eigenvalue weighted by molar-refractivity contribution is -0.153. The van der Waals surface area contributed by atoms with Crippen LogP contribution in [0.4, 0.5) is 13.2 Å². The third kappa shape index (κ3) is 5.38. The fourth-order valence-electron chi connectivity index (χ4n) is 1.89. The normalized spacial score (nSPS) is 14.1. The van der Waals surface area contributed by atoms with Crippen molar-refractivity contribution in [2.24, 2.45) is 5.92 Å². The van der Waals surface area contributed by atoms with E-state index in [0.29, 0.717) is 5.56 Å². The molecule has 0 N–H and O–H groups in total. The SMILES string of the molecule is CC(=O)OC[C@H](C)[C@@H](OC(C)=O)c1ccc(C(F)(F)F)cc1. The maximum atomic E-state index is 12.6. The predicted octanol–water partition coefficient (Wildman–Crippen LogP) is 3.51. The van der Waals surface area contributed by atoms with Crippen molar-refractivity contribution in [3.63, 3.8) is 0 Å². The van der Waals surface area contributed by atoms with Crippen LogP contribution in [0.1, 0.15) is 38.0 Å². The Morgan fingerprint density at radius 3 is 2.05 bits per heavy atom. The van der Waals surface area contributed by atoms with Gasteiger partial charge in [0.15, 0.2) is 0 Å². The molecule has 0 saturated carbocycles. The van der Waals surface area contributed by atoms with Gasteiger partial charge in [0.2, 0.25) is 0 Å². The van der Waals surface area contributed by atoms with Gasteiger partial charge in [0.1, 0.15) is 6.10 Å². The van der Waals surface area contributed by atoms with E-state index in [1.54, 1.807) is 6.92 Å². The van der Waals surface area contributed by atoms with E-state index in [2.05, 4.69) is 0 Å². The molecule has 0 aliphatic rings. The van der Waals surface area contributed by atoms with Crippen molar-refractivity contribution in [1.82, 2.24) is 0 Å². The maximum absolute atomic E-state index is 12.6. The molecule has 0 bridgehead atoms. The van der Waals surface area contributed by atoms with E-state index in [9.17, 15) is 22.8 Å². The highest BCUT2D eigenvalue weighted by molar-refractivity contribution is 5.66. The summed E-state index contributed by atoms with van der Waals surface area (Å²) in [7, 11) is 0. The lowest BCUT2D eigenvalue weighted by atomic mass is 9.97. The van der Waals surface area contributed by atoms with Crippen molar-refractivity contribution in [1.29, 1.82) is 0 Å². The summed E-state index contributed by atoms with van der Waals surface area (Å²) < 4.78 is 47.7. The Balaban J connectivity index is 2.96. The van der Waals surface area contributed by atoms with Gasteiger partial charge in [0.25, 0.3) is 0 Å². The summed E-state index contributed by atoms with van der Waals surface area (Å²) in [6, 6.07) is 4.34. The van der Waals surface area contributed by atoms with Gasteiger partial charge < -0.3 is 9.47 Å². The van der Waals surface area contributed by atoms with E-state index < -0.39 is 35.7 Å². The van der Waals surface area contributed by atoms with Crippen LogP contribution in [0, 0.1) is 5.92 Å². The topological polar surface area (TPSA) is 52.6 Å². The van der Waals surface area contributed by atoms with Crippen LogP contribution >= 0.6 is 0 Å². The minimum atomic E-state index is -4.43. The zero-order chi connectivity index (χ0) is 16.9. The Hall–Kier alpha value is -2.05. The molecule has 122 valence electrons. The van der Waals surface area contributed by atoms with Crippen LogP contribution in [0.15, 0.2) is 24.3 Å². The highest BCUT2D eigenvalue weighted by atomic mass is 19.4. The molecule has 22 heavy (non-hydrogen) atoms. The molecule has 0 unspecified atom stereocenters. The highest BCUT2D eigenvalue weighted by Gasteiger charge is 2.31. The molecular formula is C15H17F3O4. The molecule has 0 spiro atoms. The molecule has 0 aromatic heterocycles. The predicted molar refractivity (Wildman–Crippen MR) is 71.7 cm³/mol. The van der Waals surface area contributed by atoms with Gasteiger partial charge in [-0.05, 0) is 17.7 Å². The zero-order valence-electron chi connectivity index (χ0n) is 12.4. The summed E-state index contributed by atoms with van der Waals surface area (Å²) in [6.07, 6.45) is -5.22. The average Bonchev–Trinajstić information content (AvgIpc) is 2.41. The molecule has 0 fully saturated rings. The molecule has 2 atom stereocenters. The minimum Gasteiger partial charge on any atom is -0.465 e. The van der Waals surface area contributed by atoms with Gasteiger partial charge in [-0.2, -0.15) is 13.2 Å². The van der Waals surface area contributed by atoms with Gasteiger partial charge in [-0.1, -0.05) is 19.1 Å². The smallest absolute Gasteiger partial charge is 0.416 e. The number of rotatable bonds is 5.